The molecule has 0 saturated heterocycles. The maximum Gasteiger partial charge on any atom is 0.335 e. The zero-order valence-corrected chi connectivity index (χ0v) is 15.3. The van der Waals surface area contributed by atoms with E-state index < -0.39 is 5.97 Å². The molecule has 0 aliphatic rings. The van der Waals surface area contributed by atoms with E-state index in [1.165, 1.54) is 12.1 Å². The van der Waals surface area contributed by atoms with Gasteiger partial charge in [-0.15, -0.1) is 0 Å². The van der Waals surface area contributed by atoms with Gasteiger partial charge in [-0.2, -0.15) is 0 Å². The summed E-state index contributed by atoms with van der Waals surface area (Å²) >= 11 is 3.44. The molecule has 2 N–H and O–H groups in total. The van der Waals surface area contributed by atoms with Gasteiger partial charge >= 0.3 is 5.97 Å². The summed E-state index contributed by atoms with van der Waals surface area (Å²) in [4.78, 5) is 28.5. The third kappa shape index (κ3) is 3.28. The quantitative estimate of drug-likeness (QED) is 0.693. The van der Waals surface area contributed by atoms with Crippen molar-refractivity contribution in [3.8, 4) is 0 Å². The van der Waals surface area contributed by atoms with E-state index in [9.17, 15) is 9.59 Å². The Morgan fingerprint density at radius 1 is 1.32 bits per heavy atom. The highest BCUT2D eigenvalue weighted by molar-refractivity contribution is 9.10. The van der Waals surface area contributed by atoms with Gasteiger partial charge in [-0.3, -0.25) is 9.20 Å². The first-order valence-electron chi connectivity index (χ1n) is 7.72. The standard InChI is InChI=1S/C18H16BrN3O3/c1-3-14-15(22-9-12(19)7-10(2)16(22)21-14)17(23)20-13-6-4-5-11(8-13)18(24)25/h4-9H,3H2,1-2H3,(H,20,23)(H,24,25). The van der Waals surface area contributed by atoms with E-state index in [0.29, 0.717) is 23.5 Å². The van der Waals surface area contributed by atoms with Crippen LogP contribution in [0, 0.1) is 6.92 Å². The van der Waals surface area contributed by atoms with Gasteiger partial charge in [0, 0.05) is 16.4 Å². The minimum atomic E-state index is -1.04. The molecule has 0 saturated carbocycles. The van der Waals surface area contributed by atoms with E-state index in [2.05, 4.69) is 26.2 Å². The van der Waals surface area contributed by atoms with Gasteiger partial charge in [0.2, 0.25) is 0 Å². The molecule has 0 aliphatic carbocycles. The number of hydrogen-bond acceptors (Lipinski definition) is 3. The molecule has 0 unspecified atom stereocenters. The number of carboxylic acid groups (broad SMARTS) is 1. The predicted molar refractivity (Wildman–Crippen MR) is 98.4 cm³/mol. The first-order valence-corrected chi connectivity index (χ1v) is 8.51. The van der Waals surface area contributed by atoms with E-state index >= 15 is 0 Å². The number of anilines is 1. The van der Waals surface area contributed by atoms with Gasteiger partial charge in [-0.25, -0.2) is 9.78 Å². The van der Waals surface area contributed by atoms with Crippen molar-refractivity contribution in [1.29, 1.82) is 0 Å². The number of pyridine rings is 1. The molecular formula is C18H16BrN3O3. The number of nitrogens with zero attached hydrogens (tertiary/aromatic N) is 2. The first-order chi connectivity index (χ1) is 11.9. The SMILES string of the molecule is CCc1nc2c(C)cc(Br)cn2c1C(=O)Nc1cccc(C(=O)O)c1. The average Bonchev–Trinajstić information content (AvgIpc) is 2.93. The Kier molecular flexibility index (Phi) is 4.59. The summed E-state index contributed by atoms with van der Waals surface area (Å²) in [5, 5.41) is 11.8. The number of fused-ring (bicyclic) bond motifs is 1. The van der Waals surface area contributed by atoms with Crippen molar-refractivity contribution in [2.45, 2.75) is 20.3 Å². The number of imidazole rings is 1. The fourth-order valence-electron chi connectivity index (χ4n) is 2.72. The fourth-order valence-corrected chi connectivity index (χ4v) is 3.27. The molecule has 7 heteroatoms. The van der Waals surface area contributed by atoms with Crippen molar-refractivity contribution in [3.05, 3.63) is 63.5 Å². The number of carbonyl (C=O) groups is 2. The number of hydrogen-bond donors (Lipinski definition) is 2. The summed E-state index contributed by atoms with van der Waals surface area (Å²) < 4.78 is 2.61. The monoisotopic (exact) mass is 401 g/mol. The largest absolute Gasteiger partial charge is 0.478 e. The number of halogens is 1. The zero-order chi connectivity index (χ0) is 18.1. The van der Waals surface area contributed by atoms with Gasteiger partial charge in [-0.1, -0.05) is 13.0 Å². The maximum absolute atomic E-state index is 12.8. The lowest BCUT2D eigenvalue weighted by molar-refractivity contribution is 0.0696. The second-order valence-electron chi connectivity index (χ2n) is 5.64. The lowest BCUT2D eigenvalue weighted by Crippen LogP contribution is -2.16. The molecule has 128 valence electrons. The highest BCUT2D eigenvalue weighted by atomic mass is 79.9. The number of carbonyl (C=O) groups excluding carboxylic acids is 1. The number of rotatable bonds is 4. The third-order valence-electron chi connectivity index (χ3n) is 3.86. The second-order valence-corrected chi connectivity index (χ2v) is 6.55. The molecule has 0 spiro atoms. The summed E-state index contributed by atoms with van der Waals surface area (Å²) in [6.45, 7) is 3.87. The number of aryl methyl sites for hydroxylation is 2. The molecule has 0 radical (unpaired) electrons. The summed E-state index contributed by atoms with van der Waals surface area (Å²) in [7, 11) is 0. The normalized spacial score (nSPS) is 10.8. The highest BCUT2D eigenvalue weighted by Crippen LogP contribution is 2.22. The molecule has 3 aromatic rings. The van der Waals surface area contributed by atoms with Crippen LogP contribution in [-0.4, -0.2) is 26.4 Å². The molecule has 6 nitrogen and oxygen atoms in total. The molecule has 0 aliphatic heterocycles. The highest BCUT2D eigenvalue weighted by Gasteiger charge is 2.20. The van der Waals surface area contributed by atoms with Crippen molar-refractivity contribution in [2.24, 2.45) is 0 Å². The van der Waals surface area contributed by atoms with Crippen LogP contribution in [0.15, 0.2) is 41.0 Å². The average molecular weight is 402 g/mol. The molecule has 3 rings (SSSR count). The Bertz CT molecular complexity index is 995. The molecule has 1 amide bonds. The number of aromatic carboxylic acids is 1. The molecule has 0 atom stereocenters. The Hall–Kier alpha value is -2.67. The first kappa shape index (κ1) is 17.2. The van der Waals surface area contributed by atoms with Gasteiger partial charge in [0.25, 0.3) is 5.91 Å². The molecule has 0 fully saturated rings. The Balaban J connectivity index is 2.05. The molecule has 2 heterocycles. The Morgan fingerprint density at radius 2 is 2.08 bits per heavy atom. The smallest absolute Gasteiger partial charge is 0.335 e. The molecule has 2 aromatic heterocycles. The predicted octanol–water partition coefficient (Wildman–Crippen LogP) is 3.92. The van der Waals surface area contributed by atoms with Crippen LogP contribution in [0.1, 0.15) is 39.0 Å². The van der Waals surface area contributed by atoms with Crippen LogP contribution in [0.4, 0.5) is 5.69 Å². The van der Waals surface area contributed by atoms with Crippen molar-refractivity contribution in [3.63, 3.8) is 0 Å². The molecular weight excluding hydrogens is 386 g/mol. The Labute approximate surface area is 152 Å². The fraction of sp³-hybridized carbons (Fsp3) is 0.167. The van der Waals surface area contributed by atoms with Crippen LogP contribution in [0.25, 0.3) is 5.65 Å². The van der Waals surface area contributed by atoms with Crippen LogP contribution in [0.2, 0.25) is 0 Å². The van der Waals surface area contributed by atoms with Crippen LogP contribution >= 0.6 is 15.9 Å². The number of carboxylic acids is 1. The second kappa shape index (κ2) is 6.68. The topological polar surface area (TPSA) is 83.7 Å². The number of amides is 1. The van der Waals surface area contributed by atoms with E-state index in [1.807, 2.05) is 19.9 Å². The van der Waals surface area contributed by atoms with E-state index in [0.717, 1.165) is 15.7 Å². The summed E-state index contributed by atoms with van der Waals surface area (Å²) in [5.41, 5.74) is 3.36. The van der Waals surface area contributed by atoms with E-state index in [1.54, 1.807) is 22.7 Å². The molecule has 1 aromatic carbocycles. The zero-order valence-electron chi connectivity index (χ0n) is 13.7. The molecule has 0 bridgehead atoms. The molecule has 25 heavy (non-hydrogen) atoms. The van der Waals surface area contributed by atoms with Crippen molar-refractivity contribution in [2.75, 3.05) is 5.32 Å². The summed E-state index contributed by atoms with van der Waals surface area (Å²) in [6, 6.07) is 8.09. The number of nitrogens with one attached hydrogen (secondary N) is 1. The van der Waals surface area contributed by atoms with E-state index in [-0.39, 0.29) is 11.5 Å². The minimum absolute atomic E-state index is 0.116. The summed E-state index contributed by atoms with van der Waals surface area (Å²) in [5.74, 6) is -1.37. The van der Waals surface area contributed by atoms with Gasteiger partial charge in [0.1, 0.15) is 11.3 Å². The number of benzene rings is 1. The van der Waals surface area contributed by atoms with Crippen LogP contribution in [-0.2, 0) is 6.42 Å². The lowest BCUT2D eigenvalue weighted by Gasteiger charge is -2.08. The van der Waals surface area contributed by atoms with Gasteiger partial charge in [0.15, 0.2) is 0 Å². The van der Waals surface area contributed by atoms with Crippen molar-refractivity contribution >= 4 is 39.1 Å². The van der Waals surface area contributed by atoms with Gasteiger partial charge in [-0.05, 0) is 59.1 Å². The number of aromatic nitrogens is 2. The lowest BCUT2D eigenvalue weighted by atomic mass is 10.2. The maximum atomic E-state index is 12.8. The Morgan fingerprint density at radius 3 is 2.76 bits per heavy atom. The van der Waals surface area contributed by atoms with Crippen LogP contribution in [0.5, 0.6) is 0 Å². The van der Waals surface area contributed by atoms with E-state index in [4.69, 9.17) is 5.11 Å². The van der Waals surface area contributed by atoms with Crippen molar-refractivity contribution < 1.29 is 14.7 Å². The van der Waals surface area contributed by atoms with Crippen LogP contribution < -0.4 is 5.32 Å². The summed E-state index contributed by atoms with van der Waals surface area (Å²) in [6.07, 6.45) is 2.41. The van der Waals surface area contributed by atoms with Gasteiger partial charge < -0.3 is 10.4 Å². The van der Waals surface area contributed by atoms with Gasteiger partial charge in [0.05, 0.1) is 11.3 Å². The van der Waals surface area contributed by atoms with Crippen LogP contribution in [0.3, 0.4) is 0 Å². The minimum Gasteiger partial charge on any atom is -0.478 e. The third-order valence-corrected chi connectivity index (χ3v) is 4.29. The van der Waals surface area contributed by atoms with Crippen molar-refractivity contribution in [1.82, 2.24) is 9.38 Å².